The standard InChI is InChI=1S/C29H30BrClFN3O3/c1-4-34(17-20-16-23(32)9-12-26(20)38-24-10-7-22(31)8-11-24)29(37)33-25-6-5-13-35(28(25)36)27-18(2)14-21(30)15-19(27)3/h7-12,14-16,25H,4-6,13,17H2,1-3H3,(H,33,37). The Morgan fingerprint density at radius 2 is 1.84 bits per heavy atom. The van der Waals surface area contributed by atoms with Gasteiger partial charge in [-0.15, -0.1) is 0 Å². The first-order valence-corrected chi connectivity index (χ1v) is 13.7. The fourth-order valence-corrected chi connectivity index (χ4v) is 5.55. The number of rotatable bonds is 7. The maximum atomic E-state index is 14.2. The van der Waals surface area contributed by atoms with Crippen molar-refractivity contribution < 1.29 is 18.7 Å². The van der Waals surface area contributed by atoms with Crippen LogP contribution >= 0.6 is 27.5 Å². The van der Waals surface area contributed by atoms with Gasteiger partial charge in [-0.05, 0) is 99.3 Å². The number of hydrogen-bond acceptors (Lipinski definition) is 3. The third-order valence-electron chi connectivity index (χ3n) is 6.56. The van der Waals surface area contributed by atoms with Crippen LogP contribution in [0.4, 0.5) is 14.9 Å². The number of urea groups is 1. The van der Waals surface area contributed by atoms with E-state index in [1.807, 2.05) is 32.9 Å². The summed E-state index contributed by atoms with van der Waals surface area (Å²) in [6.07, 6.45) is 1.32. The van der Waals surface area contributed by atoms with Crippen molar-refractivity contribution in [1.82, 2.24) is 10.2 Å². The number of nitrogens with one attached hydrogen (secondary N) is 1. The second kappa shape index (κ2) is 12.2. The van der Waals surface area contributed by atoms with Crippen LogP contribution in [0.1, 0.15) is 36.5 Å². The van der Waals surface area contributed by atoms with Gasteiger partial charge in [-0.25, -0.2) is 9.18 Å². The van der Waals surface area contributed by atoms with Gasteiger partial charge in [-0.3, -0.25) is 4.79 Å². The van der Waals surface area contributed by atoms with Crippen LogP contribution in [0.25, 0.3) is 0 Å². The smallest absolute Gasteiger partial charge is 0.318 e. The third-order valence-corrected chi connectivity index (χ3v) is 7.27. The lowest BCUT2D eigenvalue weighted by atomic mass is 10.0. The molecule has 1 unspecified atom stereocenters. The third kappa shape index (κ3) is 6.48. The van der Waals surface area contributed by atoms with Crippen LogP contribution in [0.5, 0.6) is 11.5 Å². The van der Waals surface area contributed by atoms with Crippen molar-refractivity contribution in [3.05, 3.63) is 86.6 Å². The molecule has 1 aliphatic heterocycles. The molecule has 3 aromatic rings. The van der Waals surface area contributed by atoms with E-state index in [2.05, 4.69) is 21.2 Å². The first-order valence-electron chi connectivity index (χ1n) is 12.5. The molecule has 200 valence electrons. The minimum absolute atomic E-state index is 0.110. The van der Waals surface area contributed by atoms with Crippen molar-refractivity contribution in [2.24, 2.45) is 0 Å². The highest BCUT2D eigenvalue weighted by molar-refractivity contribution is 9.10. The zero-order valence-corrected chi connectivity index (χ0v) is 23.9. The van der Waals surface area contributed by atoms with Crippen LogP contribution < -0.4 is 15.0 Å². The molecule has 0 radical (unpaired) electrons. The molecule has 38 heavy (non-hydrogen) atoms. The zero-order valence-electron chi connectivity index (χ0n) is 21.6. The van der Waals surface area contributed by atoms with E-state index in [9.17, 15) is 14.0 Å². The molecule has 0 bridgehead atoms. The maximum absolute atomic E-state index is 14.2. The number of carbonyl (C=O) groups is 2. The van der Waals surface area contributed by atoms with Crippen molar-refractivity contribution in [3.8, 4) is 11.5 Å². The monoisotopic (exact) mass is 601 g/mol. The molecule has 3 amide bonds. The molecule has 3 aromatic carbocycles. The summed E-state index contributed by atoms with van der Waals surface area (Å²) in [7, 11) is 0. The number of piperidine rings is 1. The summed E-state index contributed by atoms with van der Waals surface area (Å²) in [5.74, 6) is 0.409. The van der Waals surface area contributed by atoms with Gasteiger partial charge < -0.3 is 19.9 Å². The highest BCUT2D eigenvalue weighted by Gasteiger charge is 2.33. The van der Waals surface area contributed by atoms with Gasteiger partial charge in [0.05, 0.1) is 6.54 Å². The zero-order chi connectivity index (χ0) is 27.4. The van der Waals surface area contributed by atoms with Crippen LogP contribution in [0, 0.1) is 19.7 Å². The summed E-state index contributed by atoms with van der Waals surface area (Å²) >= 11 is 9.47. The van der Waals surface area contributed by atoms with E-state index in [1.165, 1.54) is 23.1 Å². The summed E-state index contributed by atoms with van der Waals surface area (Å²) in [6.45, 7) is 6.86. The molecular formula is C29H30BrClFN3O3. The average Bonchev–Trinajstić information content (AvgIpc) is 2.86. The number of nitrogens with zero attached hydrogens (tertiary/aromatic N) is 2. The van der Waals surface area contributed by atoms with Crippen LogP contribution in [0.3, 0.4) is 0 Å². The van der Waals surface area contributed by atoms with E-state index in [0.29, 0.717) is 41.6 Å². The summed E-state index contributed by atoms with van der Waals surface area (Å²) < 4.78 is 21.1. The Kier molecular flexibility index (Phi) is 8.95. The van der Waals surface area contributed by atoms with E-state index in [-0.39, 0.29) is 12.5 Å². The van der Waals surface area contributed by atoms with Crippen molar-refractivity contribution in [1.29, 1.82) is 0 Å². The number of carbonyl (C=O) groups excluding carboxylic acids is 2. The van der Waals surface area contributed by atoms with Crippen LogP contribution in [-0.2, 0) is 11.3 Å². The first-order chi connectivity index (χ1) is 18.2. The molecule has 0 spiro atoms. The second-order valence-electron chi connectivity index (χ2n) is 9.34. The summed E-state index contributed by atoms with van der Waals surface area (Å²) in [6, 6.07) is 14.0. The number of aryl methyl sites for hydroxylation is 2. The molecule has 1 aliphatic rings. The lowest BCUT2D eigenvalue weighted by molar-refractivity contribution is -0.121. The lowest BCUT2D eigenvalue weighted by Gasteiger charge is -2.35. The predicted octanol–water partition coefficient (Wildman–Crippen LogP) is 7.38. The maximum Gasteiger partial charge on any atom is 0.318 e. The van der Waals surface area contributed by atoms with Crippen molar-refractivity contribution in [2.75, 3.05) is 18.0 Å². The Hall–Kier alpha value is -3.10. The highest BCUT2D eigenvalue weighted by Crippen LogP contribution is 2.32. The minimum atomic E-state index is -0.648. The Balaban J connectivity index is 1.49. The molecule has 0 saturated carbocycles. The lowest BCUT2D eigenvalue weighted by Crippen LogP contribution is -2.55. The van der Waals surface area contributed by atoms with Gasteiger partial charge in [0.15, 0.2) is 0 Å². The minimum Gasteiger partial charge on any atom is -0.457 e. The van der Waals surface area contributed by atoms with Gasteiger partial charge in [0.2, 0.25) is 5.91 Å². The Labute approximate surface area is 235 Å². The molecule has 9 heteroatoms. The highest BCUT2D eigenvalue weighted by atomic mass is 79.9. The summed E-state index contributed by atoms with van der Waals surface area (Å²) in [5.41, 5.74) is 3.38. The molecule has 1 heterocycles. The largest absolute Gasteiger partial charge is 0.457 e. The number of amides is 3. The van der Waals surface area contributed by atoms with Crippen molar-refractivity contribution >= 4 is 45.2 Å². The average molecular weight is 603 g/mol. The van der Waals surface area contributed by atoms with Gasteiger partial charge in [0, 0.05) is 33.8 Å². The quantitative estimate of drug-likeness (QED) is 0.307. The number of hydrogen-bond donors (Lipinski definition) is 1. The predicted molar refractivity (Wildman–Crippen MR) is 152 cm³/mol. The van der Waals surface area contributed by atoms with Gasteiger partial charge in [-0.1, -0.05) is 27.5 Å². The molecule has 6 nitrogen and oxygen atoms in total. The van der Waals surface area contributed by atoms with Crippen molar-refractivity contribution in [2.45, 2.75) is 46.2 Å². The van der Waals surface area contributed by atoms with Crippen molar-refractivity contribution in [3.63, 3.8) is 0 Å². The summed E-state index contributed by atoms with van der Waals surface area (Å²) in [4.78, 5) is 30.0. The fourth-order valence-electron chi connectivity index (χ4n) is 4.73. The topological polar surface area (TPSA) is 61.9 Å². The first kappa shape index (κ1) is 27.9. The van der Waals surface area contributed by atoms with Crippen LogP contribution in [0.15, 0.2) is 59.1 Å². The van der Waals surface area contributed by atoms with Gasteiger partial charge >= 0.3 is 6.03 Å². The Morgan fingerprint density at radius 1 is 1.16 bits per heavy atom. The Morgan fingerprint density at radius 3 is 2.50 bits per heavy atom. The van der Waals surface area contributed by atoms with E-state index in [4.69, 9.17) is 16.3 Å². The molecule has 0 aromatic heterocycles. The molecule has 1 saturated heterocycles. The molecule has 1 N–H and O–H groups in total. The molecule has 0 aliphatic carbocycles. The molecule has 1 fully saturated rings. The molecule has 4 rings (SSSR count). The van der Waals surface area contributed by atoms with E-state index in [0.717, 1.165) is 27.7 Å². The Bertz CT molecular complexity index is 1310. The normalized spacial score (nSPS) is 15.4. The number of ether oxygens (including phenoxy) is 1. The number of benzene rings is 3. The summed E-state index contributed by atoms with van der Waals surface area (Å²) in [5, 5.41) is 3.49. The van der Waals surface area contributed by atoms with Gasteiger partial charge in [0.25, 0.3) is 0 Å². The van der Waals surface area contributed by atoms with E-state index >= 15 is 0 Å². The number of anilines is 1. The van der Waals surface area contributed by atoms with Crippen LogP contribution in [-0.4, -0.2) is 36.0 Å². The number of halogens is 3. The van der Waals surface area contributed by atoms with E-state index < -0.39 is 17.9 Å². The van der Waals surface area contributed by atoms with Crippen LogP contribution in [0.2, 0.25) is 5.02 Å². The molecular weight excluding hydrogens is 573 g/mol. The van der Waals surface area contributed by atoms with Gasteiger partial charge in [-0.2, -0.15) is 0 Å². The van der Waals surface area contributed by atoms with E-state index in [1.54, 1.807) is 29.2 Å². The molecule has 1 atom stereocenters. The van der Waals surface area contributed by atoms with Gasteiger partial charge in [0.1, 0.15) is 23.4 Å². The SMILES string of the molecule is CCN(Cc1cc(F)ccc1Oc1ccc(Cl)cc1)C(=O)NC1CCCN(c2c(C)cc(Br)cc2C)C1=O. The second-order valence-corrected chi connectivity index (χ2v) is 10.7. The fraction of sp³-hybridized carbons (Fsp3) is 0.310.